The number of carbonyl (C=O) groups excluding carboxylic acids is 1. The molecule has 0 bridgehead atoms. The van der Waals surface area contributed by atoms with Crippen LogP contribution in [0.25, 0.3) is 0 Å². The standard InChI is InChI=1S/C21H25BrN2O2/c1-26-19-10-8-16(9-11-19)20(24-12-3-2-4-13-24)15-23-21(25)17-6-5-7-18(22)14-17/h5-11,14,20H,2-4,12-13,15H2,1H3,(H,23,25). The van der Waals surface area contributed by atoms with Crippen LogP contribution in [-0.4, -0.2) is 37.6 Å². The summed E-state index contributed by atoms with van der Waals surface area (Å²) < 4.78 is 6.18. The Balaban J connectivity index is 1.73. The van der Waals surface area contributed by atoms with E-state index in [-0.39, 0.29) is 11.9 Å². The molecule has 0 aromatic heterocycles. The first-order valence-corrected chi connectivity index (χ1v) is 9.88. The van der Waals surface area contributed by atoms with Crippen molar-refractivity contribution in [2.24, 2.45) is 0 Å². The summed E-state index contributed by atoms with van der Waals surface area (Å²) in [6.45, 7) is 2.74. The molecule has 1 aliphatic rings. The quantitative estimate of drug-likeness (QED) is 0.757. The smallest absolute Gasteiger partial charge is 0.251 e. The lowest BCUT2D eigenvalue weighted by molar-refractivity contribution is 0.0924. The Kier molecular flexibility index (Phi) is 6.69. The van der Waals surface area contributed by atoms with Gasteiger partial charge in [-0.3, -0.25) is 9.69 Å². The molecule has 2 aromatic rings. The molecule has 1 atom stereocenters. The zero-order valence-corrected chi connectivity index (χ0v) is 16.7. The van der Waals surface area contributed by atoms with E-state index in [1.54, 1.807) is 7.11 Å². The summed E-state index contributed by atoms with van der Waals surface area (Å²) in [4.78, 5) is 15.0. The second-order valence-electron chi connectivity index (χ2n) is 6.61. The number of rotatable bonds is 6. The average molecular weight is 417 g/mol. The third-order valence-corrected chi connectivity index (χ3v) is 5.37. The number of carbonyl (C=O) groups is 1. The summed E-state index contributed by atoms with van der Waals surface area (Å²) in [6, 6.07) is 15.8. The SMILES string of the molecule is COc1ccc(C(CNC(=O)c2cccc(Br)c2)N2CCCCC2)cc1. The Bertz CT molecular complexity index is 727. The van der Waals surface area contributed by atoms with Crippen molar-refractivity contribution in [3.8, 4) is 5.75 Å². The number of nitrogens with one attached hydrogen (secondary N) is 1. The number of ether oxygens (including phenoxy) is 1. The Morgan fingerprint density at radius 3 is 2.54 bits per heavy atom. The molecule has 1 fully saturated rings. The molecule has 3 rings (SSSR count). The molecule has 0 aliphatic carbocycles. The summed E-state index contributed by atoms with van der Waals surface area (Å²) in [5.74, 6) is 0.811. The predicted molar refractivity (Wildman–Crippen MR) is 108 cm³/mol. The minimum Gasteiger partial charge on any atom is -0.497 e. The van der Waals surface area contributed by atoms with Crippen molar-refractivity contribution in [3.05, 3.63) is 64.1 Å². The molecule has 1 saturated heterocycles. The Labute approximate surface area is 163 Å². The molecule has 1 N–H and O–H groups in total. The van der Waals surface area contributed by atoms with Gasteiger partial charge in [-0.25, -0.2) is 0 Å². The van der Waals surface area contributed by atoms with Crippen molar-refractivity contribution in [3.63, 3.8) is 0 Å². The van der Waals surface area contributed by atoms with Gasteiger partial charge in [-0.1, -0.05) is 40.5 Å². The fraction of sp³-hybridized carbons (Fsp3) is 0.381. The second kappa shape index (κ2) is 9.19. The van der Waals surface area contributed by atoms with E-state index >= 15 is 0 Å². The van der Waals surface area contributed by atoms with Gasteiger partial charge in [-0.2, -0.15) is 0 Å². The number of hydrogen-bond acceptors (Lipinski definition) is 3. The predicted octanol–water partition coefficient (Wildman–Crippen LogP) is 4.41. The number of benzene rings is 2. The highest BCUT2D eigenvalue weighted by Gasteiger charge is 2.23. The maximum absolute atomic E-state index is 12.5. The third-order valence-electron chi connectivity index (χ3n) is 4.87. The molecule has 5 heteroatoms. The largest absolute Gasteiger partial charge is 0.497 e. The van der Waals surface area contributed by atoms with Crippen LogP contribution in [0.15, 0.2) is 53.0 Å². The summed E-state index contributed by atoms with van der Waals surface area (Å²) in [6.07, 6.45) is 3.72. The van der Waals surface area contributed by atoms with Crippen molar-refractivity contribution in [1.29, 1.82) is 0 Å². The van der Waals surface area contributed by atoms with Gasteiger partial charge < -0.3 is 10.1 Å². The molecule has 1 aliphatic heterocycles. The lowest BCUT2D eigenvalue weighted by Gasteiger charge is -2.35. The molecular weight excluding hydrogens is 392 g/mol. The second-order valence-corrected chi connectivity index (χ2v) is 7.52. The van der Waals surface area contributed by atoms with Gasteiger partial charge in [0.15, 0.2) is 0 Å². The molecule has 1 heterocycles. The van der Waals surface area contributed by atoms with Crippen LogP contribution in [0.5, 0.6) is 5.75 Å². The summed E-state index contributed by atoms with van der Waals surface area (Å²) in [5.41, 5.74) is 1.88. The highest BCUT2D eigenvalue weighted by molar-refractivity contribution is 9.10. The maximum Gasteiger partial charge on any atom is 0.251 e. The maximum atomic E-state index is 12.5. The van der Waals surface area contributed by atoms with Crippen LogP contribution in [0.3, 0.4) is 0 Å². The Morgan fingerprint density at radius 1 is 1.15 bits per heavy atom. The van der Waals surface area contributed by atoms with Gasteiger partial charge in [0.25, 0.3) is 5.91 Å². The van der Waals surface area contributed by atoms with E-state index in [0.29, 0.717) is 12.1 Å². The number of methoxy groups -OCH3 is 1. The van der Waals surface area contributed by atoms with Gasteiger partial charge in [0, 0.05) is 16.6 Å². The summed E-state index contributed by atoms with van der Waals surface area (Å²) >= 11 is 3.42. The molecule has 1 unspecified atom stereocenters. The van der Waals surface area contributed by atoms with Gasteiger partial charge in [0.1, 0.15) is 5.75 Å². The third kappa shape index (κ3) is 4.86. The summed E-state index contributed by atoms with van der Waals surface area (Å²) in [5, 5.41) is 3.12. The number of nitrogens with zero attached hydrogens (tertiary/aromatic N) is 1. The summed E-state index contributed by atoms with van der Waals surface area (Å²) in [7, 11) is 1.68. The number of halogens is 1. The molecule has 26 heavy (non-hydrogen) atoms. The highest BCUT2D eigenvalue weighted by Crippen LogP contribution is 2.26. The van der Waals surface area contributed by atoms with Crippen LogP contribution in [0.1, 0.15) is 41.2 Å². The lowest BCUT2D eigenvalue weighted by atomic mass is 10.0. The van der Waals surface area contributed by atoms with Crippen LogP contribution >= 0.6 is 15.9 Å². The van der Waals surface area contributed by atoms with E-state index in [4.69, 9.17) is 4.74 Å². The fourth-order valence-electron chi connectivity index (χ4n) is 3.44. The monoisotopic (exact) mass is 416 g/mol. The first-order chi connectivity index (χ1) is 12.7. The number of hydrogen-bond donors (Lipinski definition) is 1. The molecule has 4 nitrogen and oxygen atoms in total. The van der Waals surface area contributed by atoms with Crippen molar-refractivity contribution in [1.82, 2.24) is 10.2 Å². The molecule has 2 aromatic carbocycles. The number of amides is 1. The van der Waals surface area contributed by atoms with Crippen LogP contribution in [0, 0.1) is 0 Å². The molecule has 0 spiro atoms. The Morgan fingerprint density at radius 2 is 1.88 bits per heavy atom. The van der Waals surface area contributed by atoms with E-state index in [2.05, 4.69) is 38.3 Å². The van der Waals surface area contributed by atoms with Crippen molar-refractivity contribution < 1.29 is 9.53 Å². The number of likely N-dealkylation sites (tertiary alicyclic amines) is 1. The van der Waals surface area contributed by atoms with Crippen LogP contribution in [-0.2, 0) is 0 Å². The zero-order chi connectivity index (χ0) is 18.4. The van der Waals surface area contributed by atoms with Crippen molar-refractivity contribution in [2.45, 2.75) is 25.3 Å². The highest BCUT2D eigenvalue weighted by atomic mass is 79.9. The van der Waals surface area contributed by atoms with Crippen LogP contribution in [0.2, 0.25) is 0 Å². The normalized spacial score (nSPS) is 16.1. The van der Waals surface area contributed by atoms with Gasteiger partial charge >= 0.3 is 0 Å². The minimum absolute atomic E-state index is 0.0400. The topological polar surface area (TPSA) is 41.6 Å². The molecule has 0 radical (unpaired) electrons. The fourth-order valence-corrected chi connectivity index (χ4v) is 3.83. The van der Waals surface area contributed by atoms with E-state index in [1.807, 2.05) is 36.4 Å². The van der Waals surface area contributed by atoms with Gasteiger partial charge in [0.05, 0.1) is 13.2 Å². The first-order valence-electron chi connectivity index (χ1n) is 9.09. The van der Waals surface area contributed by atoms with E-state index in [9.17, 15) is 4.79 Å². The van der Waals surface area contributed by atoms with Crippen molar-refractivity contribution in [2.75, 3.05) is 26.7 Å². The number of piperidine rings is 1. The van der Waals surface area contributed by atoms with Gasteiger partial charge in [-0.05, 0) is 61.8 Å². The van der Waals surface area contributed by atoms with Gasteiger partial charge in [-0.15, -0.1) is 0 Å². The Hall–Kier alpha value is -1.85. The molecule has 138 valence electrons. The van der Waals surface area contributed by atoms with E-state index in [1.165, 1.54) is 24.8 Å². The van der Waals surface area contributed by atoms with E-state index in [0.717, 1.165) is 23.3 Å². The molecular formula is C21H25BrN2O2. The van der Waals surface area contributed by atoms with E-state index < -0.39 is 0 Å². The van der Waals surface area contributed by atoms with Crippen LogP contribution in [0.4, 0.5) is 0 Å². The van der Waals surface area contributed by atoms with Gasteiger partial charge in [0.2, 0.25) is 0 Å². The minimum atomic E-state index is -0.0400. The first kappa shape index (κ1) is 18.9. The molecule has 0 saturated carbocycles. The lowest BCUT2D eigenvalue weighted by Crippen LogP contribution is -2.40. The van der Waals surface area contributed by atoms with Crippen molar-refractivity contribution >= 4 is 21.8 Å². The zero-order valence-electron chi connectivity index (χ0n) is 15.1. The average Bonchev–Trinajstić information content (AvgIpc) is 2.69. The van der Waals surface area contributed by atoms with Crippen LogP contribution < -0.4 is 10.1 Å². The molecule has 1 amide bonds.